The van der Waals surface area contributed by atoms with E-state index < -0.39 is 0 Å². The number of para-hydroxylation sites is 2. The van der Waals surface area contributed by atoms with Crippen LogP contribution in [0.4, 0.5) is 0 Å². The van der Waals surface area contributed by atoms with Crippen molar-refractivity contribution in [2.75, 3.05) is 5.33 Å². The highest BCUT2D eigenvalue weighted by molar-refractivity contribution is 9.09. The van der Waals surface area contributed by atoms with E-state index in [1.165, 1.54) is 24.2 Å². The van der Waals surface area contributed by atoms with Gasteiger partial charge in [-0.05, 0) is 31.9 Å². The van der Waals surface area contributed by atoms with Gasteiger partial charge in [0.05, 0.1) is 11.0 Å². The highest BCUT2D eigenvalue weighted by Gasteiger charge is 2.07. The minimum atomic E-state index is 1.00. The maximum atomic E-state index is 4.70. The number of rotatable bonds is 5. The van der Waals surface area contributed by atoms with Crippen LogP contribution in [0.2, 0.25) is 0 Å². The van der Waals surface area contributed by atoms with Crippen molar-refractivity contribution >= 4 is 27.0 Å². The van der Waals surface area contributed by atoms with Crippen molar-refractivity contribution in [2.45, 2.75) is 32.7 Å². The van der Waals surface area contributed by atoms with Crippen LogP contribution < -0.4 is 0 Å². The molecule has 0 N–H and O–H groups in total. The Bertz CT molecular complexity index is 462. The smallest absolute Gasteiger partial charge is 0.109 e. The first-order valence-corrected chi connectivity index (χ1v) is 6.99. The zero-order valence-corrected chi connectivity index (χ0v) is 11.2. The Kier molecular flexibility index (Phi) is 3.99. The molecule has 0 saturated heterocycles. The summed E-state index contributed by atoms with van der Waals surface area (Å²) in [5, 5.41) is 1.08. The maximum Gasteiger partial charge on any atom is 0.109 e. The molecule has 1 aromatic heterocycles. The van der Waals surface area contributed by atoms with E-state index in [1.807, 2.05) is 0 Å². The highest BCUT2D eigenvalue weighted by Crippen LogP contribution is 2.17. The summed E-state index contributed by atoms with van der Waals surface area (Å²) in [5.74, 6) is 1.23. The quantitative estimate of drug-likeness (QED) is 0.602. The Balaban J connectivity index is 2.29. The molecule has 2 aromatic rings. The van der Waals surface area contributed by atoms with E-state index in [1.54, 1.807) is 0 Å². The van der Waals surface area contributed by atoms with Crippen LogP contribution in [0.25, 0.3) is 11.0 Å². The van der Waals surface area contributed by atoms with Gasteiger partial charge in [-0.2, -0.15) is 0 Å². The van der Waals surface area contributed by atoms with Gasteiger partial charge >= 0.3 is 0 Å². The van der Waals surface area contributed by atoms with Gasteiger partial charge in [0, 0.05) is 18.3 Å². The van der Waals surface area contributed by atoms with Crippen LogP contribution in [0.3, 0.4) is 0 Å². The van der Waals surface area contributed by atoms with Crippen molar-refractivity contribution in [3.63, 3.8) is 0 Å². The van der Waals surface area contributed by atoms with Crippen LogP contribution in [0.15, 0.2) is 24.3 Å². The minimum absolute atomic E-state index is 1.00. The first kappa shape index (κ1) is 11.6. The summed E-state index contributed by atoms with van der Waals surface area (Å²) < 4.78 is 2.32. The highest BCUT2D eigenvalue weighted by atomic mass is 79.9. The number of hydrogen-bond donors (Lipinski definition) is 0. The van der Waals surface area contributed by atoms with Crippen molar-refractivity contribution in [3.8, 4) is 0 Å². The van der Waals surface area contributed by atoms with E-state index in [0.29, 0.717) is 0 Å². The number of halogens is 1. The molecule has 2 nitrogen and oxygen atoms in total. The molecule has 0 saturated carbocycles. The van der Waals surface area contributed by atoms with Crippen molar-refractivity contribution < 1.29 is 0 Å². The van der Waals surface area contributed by atoms with Crippen molar-refractivity contribution in [1.29, 1.82) is 0 Å². The first-order valence-electron chi connectivity index (χ1n) is 5.87. The number of imidazole rings is 1. The molecule has 0 atom stereocenters. The molecule has 0 radical (unpaired) electrons. The lowest BCUT2D eigenvalue weighted by Crippen LogP contribution is -2.01. The molecule has 0 aliphatic rings. The molecule has 2 rings (SSSR count). The summed E-state index contributed by atoms with van der Waals surface area (Å²) in [6.07, 6.45) is 3.50. The van der Waals surface area contributed by atoms with Crippen LogP contribution in [0.5, 0.6) is 0 Å². The molecule has 0 spiro atoms. The summed E-state index contributed by atoms with van der Waals surface area (Å²) in [6, 6.07) is 8.38. The Morgan fingerprint density at radius 1 is 1.25 bits per heavy atom. The molecular formula is C13H17BrN2. The molecule has 16 heavy (non-hydrogen) atoms. The first-order chi connectivity index (χ1) is 7.86. The lowest BCUT2D eigenvalue weighted by Gasteiger charge is -2.05. The molecular weight excluding hydrogens is 264 g/mol. The summed E-state index contributed by atoms with van der Waals surface area (Å²) in [5.41, 5.74) is 2.39. The van der Waals surface area contributed by atoms with Gasteiger partial charge in [-0.25, -0.2) is 4.98 Å². The number of aryl methyl sites for hydroxylation is 2. The third-order valence-electron chi connectivity index (χ3n) is 2.83. The van der Waals surface area contributed by atoms with E-state index in [9.17, 15) is 0 Å². The van der Waals surface area contributed by atoms with E-state index in [2.05, 4.69) is 51.7 Å². The maximum absolute atomic E-state index is 4.70. The average Bonchev–Trinajstić information content (AvgIpc) is 2.67. The number of benzene rings is 1. The normalized spacial score (nSPS) is 11.1. The summed E-state index contributed by atoms with van der Waals surface area (Å²) in [7, 11) is 0. The van der Waals surface area contributed by atoms with Gasteiger partial charge in [0.2, 0.25) is 0 Å². The van der Waals surface area contributed by atoms with Gasteiger partial charge < -0.3 is 4.57 Å². The van der Waals surface area contributed by atoms with Gasteiger partial charge in [-0.3, -0.25) is 0 Å². The second-order valence-corrected chi connectivity index (χ2v) is 4.70. The number of aromatic nitrogens is 2. The van der Waals surface area contributed by atoms with Crippen molar-refractivity contribution in [2.24, 2.45) is 0 Å². The predicted molar refractivity (Wildman–Crippen MR) is 72.1 cm³/mol. The van der Waals surface area contributed by atoms with Crippen LogP contribution in [-0.2, 0) is 13.0 Å². The number of fused-ring (bicyclic) bond motifs is 1. The summed E-state index contributed by atoms with van der Waals surface area (Å²) in [4.78, 5) is 4.70. The molecule has 0 fully saturated rings. The summed E-state index contributed by atoms with van der Waals surface area (Å²) in [6.45, 7) is 3.19. The third kappa shape index (κ3) is 2.29. The molecule has 3 heteroatoms. The van der Waals surface area contributed by atoms with E-state index in [4.69, 9.17) is 4.98 Å². The second kappa shape index (κ2) is 5.48. The number of hydrogen-bond acceptors (Lipinski definition) is 1. The van der Waals surface area contributed by atoms with Crippen LogP contribution in [0, 0.1) is 0 Å². The standard InChI is InChI=1S/C13H17BrN2/c1-2-16-12-8-4-3-7-11(12)15-13(16)9-5-6-10-14/h3-4,7-8H,2,5-6,9-10H2,1H3. The van der Waals surface area contributed by atoms with Crippen LogP contribution >= 0.6 is 15.9 Å². The Morgan fingerprint density at radius 2 is 2.06 bits per heavy atom. The molecule has 0 amide bonds. The molecule has 0 aliphatic heterocycles. The molecule has 1 heterocycles. The largest absolute Gasteiger partial charge is 0.328 e. The zero-order chi connectivity index (χ0) is 11.4. The lowest BCUT2D eigenvalue weighted by molar-refractivity contribution is 0.678. The molecule has 0 aliphatic carbocycles. The number of nitrogens with zero attached hydrogens (tertiary/aromatic N) is 2. The van der Waals surface area contributed by atoms with Crippen molar-refractivity contribution in [1.82, 2.24) is 9.55 Å². The van der Waals surface area contributed by atoms with Crippen LogP contribution in [-0.4, -0.2) is 14.9 Å². The third-order valence-corrected chi connectivity index (χ3v) is 3.39. The van der Waals surface area contributed by atoms with Gasteiger partial charge in [-0.15, -0.1) is 0 Å². The van der Waals surface area contributed by atoms with Crippen molar-refractivity contribution in [3.05, 3.63) is 30.1 Å². The van der Waals surface area contributed by atoms with Gasteiger partial charge in [0.1, 0.15) is 5.82 Å². The van der Waals surface area contributed by atoms with Gasteiger partial charge in [0.25, 0.3) is 0 Å². The number of alkyl halides is 1. The van der Waals surface area contributed by atoms with Crippen LogP contribution in [0.1, 0.15) is 25.6 Å². The van der Waals surface area contributed by atoms with Gasteiger partial charge in [0.15, 0.2) is 0 Å². The average molecular weight is 281 g/mol. The topological polar surface area (TPSA) is 17.8 Å². The fourth-order valence-electron chi connectivity index (χ4n) is 2.05. The van der Waals surface area contributed by atoms with Gasteiger partial charge in [-0.1, -0.05) is 28.1 Å². The molecule has 0 bridgehead atoms. The Labute approximate surface area is 105 Å². The molecule has 1 aromatic carbocycles. The van der Waals surface area contributed by atoms with E-state index in [0.717, 1.165) is 23.8 Å². The predicted octanol–water partition coefficient (Wildman–Crippen LogP) is 3.77. The Hall–Kier alpha value is -0.830. The fraction of sp³-hybridized carbons (Fsp3) is 0.462. The van der Waals surface area contributed by atoms with E-state index >= 15 is 0 Å². The zero-order valence-electron chi connectivity index (χ0n) is 9.62. The fourth-order valence-corrected chi connectivity index (χ4v) is 2.44. The molecule has 0 unspecified atom stereocenters. The lowest BCUT2D eigenvalue weighted by atomic mass is 10.2. The minimum Gasteiger partial charge on any atom is -0.328 e. The summed E-state index contributed by atoms with van der Waals surface area (Å²) >= 11 is 3.47. The SMILES string of the molecule is CCn1c(CCCCBr)nc2ccccc21. The Morgan fingerprint density at radius 3 is 2.81 bits per heavy atom. The molecule has 86 valence electrons. The van der Waals surface area contributed by atoms with E-state index in [-0.39, 0.29) is 0 Å². The number of unbranched alkanes of at least 4 members (excludes halogenated alkanes) is 1. The monoisotopic (exact) mass is 280 g/mol. The second-order valence-electron chi connectivity index (χ2n) is 3.91.